The maximum Gasteiger partial charge on any atom is 0.229 e. The first-order valence-corrected chi connectivity index (χ1v) is 10.9. The highest BCUT2D eigenvalue weighted by Crippen LogP contribution is 2.34. The summed E-state index contributed by atoms with van der Waals surface area (Å²) in [6.45, 7) is 6.11. The molecule has 0 atom stereocenters. The molecule has 4 heterocycles. The zero-order valence-electron chi connectivity index (χ0n) is 18.2. The number of nitrogens with zero attached hydrogens (tertiary/aromatic N) is 7. The van der Waals surface area contributed by atoms with Crippen molar-refractivity contribution in [3.05, 3.63) is 35.5 Å². The minimum Gasteiger partial charge on any atom is -0.497 e. The number of aliphatic hydroxyl groups excluding tert-OH is 1. The summed E-state index contributed by atoms with van der Waals surface area (Å²) in [5.41, 5.74) is 3.20. The maximum absolute atomic E-state index is 9.20. The molecule has 2 aliphatic heterocycles. The van der Waals surface area contributed by atoms with Crippen molar-refractivity contribution < 1.29 is 9.84 Å². The van der Waals surface area contributed by atoms with E-state index in [0.717, 1.165) is 86.5 Å². The predicted molar refractivity (Wildman–Crippen MR) is 120 cm³/mol. The van der Waals surface area contributed by atoms with Crippen LogP contribution < -0.4 is 14.5 Å². The number of piperazine rings is 1. The van der Waals surface area contributed by atoms with Crippen molar-refractivity contribution >= 4 is 22.8 Å². The Labute approximate surface area is 181 Å². The van der Waals surface area contributed by atoms with Gasteiger partial charge in [0.2, 0.25) is 5.95 Å². The summed E-state index contributed by atoms with van der Waals surface area (Å²) in [5.74, 6) is 2.61. The van der Waals surface area contributed by atoms with Crippen molar-refractivity contribution in [3.63, 3.8) is 0 Å². The van der Waals surface area contributed by atoms with Gasteiger partial charge in [-0.15, -0.1) is 0 Å². The van der Waals surface area contributed by atoms with E-state index in [-0.39, 0.29) is 6.61 Å². The third-order valence-electron chi connectivity index (χ3n) is 6.25. The summed E-state index contributed by atoms with van der Waals surface area (Å²) in [7, 11) is 3.65. The Morgan fingerprint density at radius 1 is 1.03 bits per heavy atom. The zero-order chi connectivity index (χ0) is 21.4. The lowest BCUT2D eigenvalue weighted by atomic mass is 10.1. The van der Waals surface area contributed by atoms with Gasteiger partial charge in [-0.05, 0) is 17.7 Å². The van der Waals surface area contributed by atoms with Crippen molar-refractivity contribution in [2.75, 3.05) is 62.8 Å². The molecular formula is C22H29N7O2. The van der Waals surface area contributed by atoms with Gasteiger partial charge in [-0.1, -0.05) is 12.1 Å². The van der Waals surface area contributed by atoms with E-state index in [4.69, 9.17) is 19.8 Å². The van der Waals surface area contributed by atoms with Crippen LogP contribution in [0.2, 0.25) is 0 Å². The van der Waals surface area contributed by atoms with Crippen molar-refractivity contribution in [3.8, 4) is 5.75 Å². The molecule has 0 amide bonds. The number of rotatable bonds is 6. The van der Waals surface area contributed by atoms with Crippen LogP contribution in [-0.2, 0) is 20.0 Å². The first-order chi connectivity index (χ1) is 15.2. The van der Waals surface area contributed by atoms with Crippen LogP contribution in [0.5, 0.6) is 5.75 Å². The largest absolute Gasteiger partial charge is 0.497 e. The lowest BCUT2D eigenvalue weighted by molar-refractivity contribution is 0.188. The molecule has 0 unspecified atom stereocenters. The summed E-state index contributed by atoms with van der Waals surface area (Å²) in [6.07, 6.45) is 0.892. The Kier molecular flexibility index (Phi) is 5.37. The second-order valence-corrected chi connectivity index (χ2v) is 8.19. The monoisotopic (exact) mass is 423 g/mol. The Morgan fingerprint density at radius 3 is 2.52 bits per heavy atom. The molecule has 0 bridgehead atoms. The summed E-state index contributed by atoms with van der Waals surface area (Å²) in [5, 5.41) is 15.0. The molecule has 2 aromatic heterocycles. The number of hydrogen-bond acceptors (Lipinski definition) is 8. The van der Waals surface area contributed by atoms with Gasteiger partial charge in [0, 0.05) is 59.3 Å². The number of ether oxygens (including phenoxy) is 1. The average molecular weight is 424 g/mol. The topological polar surface area (TPSA) is 82.8 Å². The van der Waals surface area contributed by atoms with Crippen LogP contribution in [0.25, 0.3) is 11.0 Å². The van der Waals surface area contributed by atoms with Gasteiger partial charge in [-0.25, -0.2) is 4.68 Å². The fraction of sp³-hybridized carbons (Fsp3) is 0.500. The van der Waals surface area contributed by atoms with Crippen LogP contribution >= 0.6 is 0 Å². The summed E-state index contributed by atoms with van der Waals surface area (Å²) < 4.78 is 7.18. The second-order valence-electron chi connectivity index (χ2n) is 8.19. The summed E-state index contributed by atoms with van der Waals surface area (Å²) >= 11 is 0. The molecule has 2 aliphatic rings. The normalized spacial score (nSPS) is 16.9. The molecule has 31 heavy (non-hydrogen) atoms. The number of methoxy groups -OCH3 is 1. The Morgan fingerprint density at radius 2 is 1.81 bits per heavy atom. The van der Waals surface area contributed by atoms with Gasteiger partial charge in [0.1, 0.15) is 11.6 Å². The minimum absolute atomic E-state index is 0.199. The van der Waals surface area contributed by atoms with Crippen LogP contribution in [0.15, 0.2) is 24.3 Å². The smallest absolute Gasteiger partial charge is 0.229 e. The van der Waals surface area contributed by atoms with Gasteiger partial charge >= 0.3 is 0 Å². The van der Waals surface area contributed by atoms with E-state index in [2.05, 4.69) is 26.8 Å². The van der Waals surface area contributed by atoms with Crippen LogP contribution in [0.4, 0.5) is 11.8 Å². The molecule has 0 aliphatic carbocycles. The molecule has 164 valence electrons. The molecular weight excluding hydrogens is 394 g/mol. The number of β-amino-alcohol motifs (C(OH)–C–C–N with tert-alkyl or cyclic N) is 1. The first-order valence-electron chi connectivity index (χ1n) is 10.9. The highest BCUT2D eigenvalue weighted by Gasteiger charge is 2.28. The number of anilines is 2. The Hall–Kier alpha value is -2.91. The summed E-state index contributed by atoms with van der Waals surface area (Å²) in [4.78, 5) is 16.8. The predicted octanol–water partition coefficient (Wildman–Crippen LogP) is 1.05. The molecule has 0 saturated carbocycles. The van der Waals surface area contributed by atoms with E-state index in [9.17, 15) is 5.11 Å². The maximum atomic E-state index is 9.20. The van der Waals surface area contributed by atoms with E-state index in [1.165, 1.54) is 5.56 Å². The number of benzene rings is 1. The van der Waals surface area contributed by atoms with Crippen LogP contribution in [-0.4, -0.2) is 82.7 Å². The van der Waals surface area contributed by atoms with Gasteiger partial charge in [0.15, 0.2) is 5.65 Å². The molecule has 3 aromatic rings. The van der Waals surface area contributed by atoms with Crippen LogP contribution in [0, 0.1) is 0 Å². The van der Waals surface area contributed by atoms with Crippen molar-refractivity contribution in [2.45, 2.75) is 13.0 Å². The third kappa shape index (κ3) is 3.79. The van der Waals surface area contributed by atoms with Crippen molar-refractivity contribution in [1.29, 1.82) is 0 Å². The molecule has 5 rings (SSSR count). The van der Waals surface area contributed by atoms with Crippen LogP contribution in [0.1, 0.15) is 11.3 Å². The molecule has 0 spiro atoms. The minimum atomic E-state index is 0.199. The fourth-order valence-corrected chi connectivity index (χ4v) is 4.51. The van der Waals surface area contributed by atoms with Crippen molar-refractivity contribution in [2.24, 2.45) is 7.05 Å². The van der Waals surface area contributed by atoms with Crippen molar-refractivity contribution in [1.82, 2.24) is 24.6 Å². The quantitative estimate of drug-likeness (QED) is 0.630. The van der Waals surface area contributed by atoms with Gasteiger partial charge in [-0.3, -0.25) is 4.90 Å². The second kappa shape index (κ2) is 8.32. The molecule has 1 aromatic carbocycles. The highest BCUT2D eigenvalue weighted by molar-refractivity contribution is 5.92. The van der Waals surface area contributed by atoms with Gasteiger partial charge in [-0.2, -0.15) is 15.1 Å². The molecule has 9 heteroatoms. The van der Waals surface area contributed by atoms with Gasteiger partial charge in [0.25, 0.3) is 0 Å². The van der Waals surface area contributed by atoms with E-state index in [1.807, 2.05) is 23.9 Å². The van der Waals surface area contributed by atoms with Gasteiger partial charge in [0.05, 0.1) is 24.8 Å². The average Bonchev–Trinajstić information content (AvgIpc) is 3.13. The molecule has 1 fully saturated rings. The molecule has 1 N–H and O–H groups in total. The number of aliphatic hydroxyl groups is 1. The fourth-order valence-electron chi connectivity index (χ4n) is 4.51. The zero-order valence-corrected chi connectivity index (χ0v) is 18.2. The Bertz CT molecular complexity index is 1060. The van der Waals surface area contributed by atoms with E-state index >= 15 is 0 Å². The standard InChI is InChI=1S/C22H29N7O2/c1-26-20-19-18(25-26)7-8-29(15-16-3-5-17(31-2)6-4-16)21(19)24-22(23-20)28-11-9-27(10-12-28)13-14-30/h3-6,30H,7-15H2,1-2H3. The van der Waals surface area contributed by atoms with E-state index in [1.54, 1.807) is 7.11 Å². The first kappa shape index (κ1) is 20.0. The number of hydrogen-bond donors (Lipinski definition) is 1. The Balaban J connectivity index is 1.46. The SMILES string of the molecule is COc1ccc(CN2CCc3nn(C)c4nc(N5CCN(CCO)CC5)nc2c34)cc1. The number of aryl methyl sites for hydroxylation is 1. The van der Waals surface area contributed by atoms with E-state index in [0.29, 0.717) is 0 Å². The number of aromatic nitrogens is 4. The molecule has 1 saturated heterocycles. The van der Waals surface area contributed by atoms with Gasteiger partial charge < -0.3 is 19.6 Å². The lowest BCUT2D eigenvalue weighted by Crippen LogP contribution is -2.47. The third-order valence-corrected chi connectivity index (χ3v) is 6.25. The molecule has 9 nitrogen and oxygen atoms in total. The summed E-state index contributed by atoms with van der Waals surface area (Å²) in [6, 6.07) is 8.22. The molecule has 0 radical (unpaired) electrons. The van der Waals surface area contributed by atoms with E-state index < -0.39 is 0 Å². The van der Waals surface area contributed by atoms with Crippen LogP contribution in [0.3, 0.4) is 0 Å². The highest BCUT2D eigenvalue weighted by atomic mass is 16.5. The lowest BCUT2D eigenvalue weighted by Gasteiger charge is -2.35.